The van der Waals surface area contributed by atoms with Crippen molar-refractivity contribution < 1.29 is 37.7 Å². The molecule has 1 atom stereocenters. The minimum Gasteiger partial charge on any atom is -0.475 e. The van der Waals surface area contributed by atoms with Crippen LogP contribution in [-0.2, 0) is 16.0 Å². The zero-order valence-corrected chi connectivity index (χ0v) is 16.8. The van der Waals surface area contributed by atoms with E-state index in [4.69, 9.17) is 5.11 Å². The first-order valence-corrected chi connectivity index (χ1v) is 9.82. The maximum Gasteiger partial charge on any atom is 0.586 e. The molecule has 32 heavy (non-hydrogen) atoms. The van der Waals surface area contributed by atoms with E-state index in [9.17, 15) is 23.2 Å². The van der Waals surface area contributed by atoms with Crippen LogP contribution in [0.4, 0.5) is 8.78 Å². The number of para-hydroxylation sites is 1. The summed E-state index contributed by atoms with van der Waals surface area (Å²) in [5.41, 5.74) is 0.297. The Morgan fingerprint density at radius 3 is 2.53 bits per heavy atom. The number of Topliss-reactive ketones (excluding diaryl/α,β-unsaturated/α-hetero) is 1. The lowest BCUT2D eigenvalue weighted by Crippen LogP contribution is -2.45. The van der Waals surface area contributed by atoms with Crippen molar-refractivity contribution in [3.8, 4) is 22.8 Å². The van der Waals surface area contributed by atoms with Gasteiger partial charge in [-0.2, -0.15) is 8.75 Å². The molecule has 0 spiro atoms. The van der Waals surface area contributed by atoms with Crippen LogP contribution >= 0.6 is 11.7 Å². The first kappa shape index (κ1) is 21.3. The van der Waals surface area contributed by atoms with Crippen molar-refractivity contribution in [3.63, 3.8) is 0 Å². The summed E-state index contributed by atoms with van der Waals surface area (Å²) in [6, 6.07) is 11.2. The standard InChI is InChI=1S/C20H13F2N3O6S/c21-20(22)30-13-8-4-7-11(17(13)31-20)14-15(25-32-24-14)18(27)23-12(16(26)19(28)29)9-10-5-2-1-3-6-10/h1-8,12H,9H2,(H,23,27)(H,28,29). The molecule has 164 valence electrons. The van der Waals surface area contributed by atoms with Gasteiger partial charge in [-0.25, -0.2) is 4.79 Å². The molecule has 0 radical (unpaired) electrons. The van der Waals surface area contributed by atoms with Crippen molar-refractivity contribution in [3.05, 3.63) is 59.8 Å². The highest BCUT2D eigenvalue weighted by molar-refractivity contribution is 6.99. The number of rotatable bonds is 7. The number of fused-ring (bicyclic) bond motifs is 1. The van der Waals surface area contributed by atoms with Gasteiger partial charge in [-0.3, -0.25) is 9.59 Å². The lowest BCUT2D eigenvalue weighted by atomic mass is 10.0. The smallest absolute Gasteiger partial charge is 0.475 e. The van der Waals surface area contributed by atoms with Crippen molar-refractivity contribution in [2.45, 2.75) is 18.8 Å². The fourth-order valence-corrected chi connectivity index (χ4v) is 3.66. The molecule has 9 nitrogen and oxygen atoms in total. The summed E-state index contributed by atoms with van der Waals surface area (Å²) in [7, 11) is 0. The fourth-order valence-electron chi connectivity index (χ4n) is 3.10. The van der Waals surface area contributed by atoms with Gasteiger partial charge < -0.3 is 19.9 Å². The predicted octanol–water partition coefficient (Wildman–Crippen LogP) is 2.52. The van der Waals surface area contributed by atoms with Crippen LogP contribution in [0.1, 0.15) is 16.1 Å². The van der Waals surface area contributed by atoms with Crippen molar-refractivity contribution in [1.29, 1.82) is 0 Å². The first-order chi connectivity index (χ1) is 15.2. The Morgan fingerprint density at radius 1 is 1.06 bits per heavy atom. The molecule has 0 saturated carbocycles. The summed E-state index contributed by atoms with van der Waals surface area (Å²) in [6.07, 6.45) is -3.95. The van der Waals surface area contributed by atoms with E-state index < -0.39 is 30.0 Å². The molecule has 0 aliphatic carbocycles. The molecule has 1 unspecified atom stereocenters. The zero-order chi connectivity index (χ0) is 22.9. The molecule has 4 rings (SSSR count). The average molecular weight is 461 g/mol. The van der Waals surface area contributed by atoms with E-state index in [-0.39, 0.29) is 34.9 Å². The van der Waals surface area contributed by atoms with Gasteiger partial charge in [-0.1, -0.05) is 36.4 Å². The van der Waals surface area contributed by atoms with Crippen LogP contribution < -0.4 is 14.8 Å². The molecule has 2 N–H and O–H groups in total. The number of amides is 1. The van der Waals surface area contributed by atoms with Gasteiger partial charge in [0.05, 0.1) is 17.3 Å². The highest BCUT2D eigenvalue weighted by atomic mass is 32.1. The first-order valence-electron chi connectivity index (χ1n) is 9.09. The Bertz CT molecular complexity index is 1200. The zero-order valence-electron chi connectivity index (χ0n) is 16.0. The van der Waals surface area contributed by atoms with Crippen LogP contribution in [0.5, 0.6) is 11.5 Å². The Hall–Kier alpha value is -3.93. The Kier molecular flexibility index (Phi) is 5.53. The van der Waals surface area contributed by atoms with E-state index in [1.165, 1.54) is 18.2 Å². The Balaban J connectivity index is 1.63. The van der Waals surface area contributed by atoms with E-state index in [0.717, 1.165) is 0 Å². The second-order valence-electron chi connectivity index (χ2n) is 6.65. The van der Waals surface area contributed by atoms with Gasteiger partial charge >= 0.3 is 12.3 Å². The maximum atomic E-state index is 13.5. The molecule has 1 aliphatic heterocycles. The highest BCUT2D eigenvalue weighted by Gasteiger charge is 2.45. The molecule has 2 heterocycles. The molecule has 12 heteroatoms. The summed E-state index contributed by atoms with van der Waals surface area (Å²) in [5.74, 6) is -4.38. The van der Waals surface area contributed by atoms with Gasteiger partial charge in [-0.05, 0) is 17.7 Å². The number of aromatic nitrogens is 2. The number of benzene rings is 2. The SMILES string of the molecule is O=C(O)C(=O)C(Cc1ccccc1)NC(=O)c1nsnc1-c1cccc2c1OC(F)(F)O2. The molecule has 0 saturated heterocycles. The molecule has 3 aromatic rings. The maximum absolute atomic E-state index is 13.5. The third-order valence-corrected chi connectivity index (χ3v) is 5.03. The van der Waals surface area contributed by atoms with Gasteiger partial charge in [0.25, 0.3) is 11.7 Å². The van der Waals surface area contributed by atoms with Gasteiger partial charge in [0.1, 0.15) is 11.7 Å². The number of carboxylic acids is 1. The number of hydrogen-bond acceptors (Lipinski definition) is 8. The second kappa shape index (κ2) is 8.30. The number of nitrogens with zero attached hydrogens (tertiary/aromatic N) is 2. The van der Waals surface area contributed by atoms with Crippen LogP contribution in [0.2, 0.25) is 0 Å². The van der Waals surface area contributed by atoms with Gasteiger partial charge in [-0.15, -0.1) is 8.78 Å². The normalized spacial score (nSPS) is 14.6. The number of carbonyl (C=O) groups excluding carboxylic acids is 2. The quantitative estimate of drug-likeness (QED) is 0.514. The third kappa shape index (κ3) is 4.25. The van der Waals surface area contributed by atoms with Gasteiger partial charge in [0, 0.05) is 6.42 Å². The monoisotopic (exact) mass is 461 g/mol. The number of alkyl halides is 2. The van der Waals surface area contributed by atoms with Crippen molar-refractivity contribution in [2.75, 3.05) is 0 Å². The van der Waals surface area contributed by atoms with E-state index in [1.807, 2.05) is 0 Å². The number of carbonyl (C=O) groups is 3. The second-order valence-corrected chi connectivity index (χ2v) is 7.18. The topological polar surface area (TPSA) is 128 Å². The number of halogens is 2. The Labute approximate surface area is 182 Å². The fraction of sp³-hybridized carbons (Fsp3) is 0.150. The average Bonchev–Trinajstić information content (AvgIpc) is 3.36. The summed E-state index contributed by atoms with van der Waals surface area (Å²) in [6.45, 7) is 0. The number of aliphatic carboxylic acids is 1. The number of ether oxygens (including phenoxy) is 2. The largest absolute Gasteiger partial charge is 0.586 e. The molecule has 0 fully saturated rings. The van der Waals surface area contributed by atoms with Gasteiger partial charge in [0.2, 0.25) is 0 Å². The van der Waals surface area contributed by atoms with Gasteiger partial charge in [0.15, 0.2) is 17.2 Å². The van der Waals surface area contributed by atoms with Crippen LogP contribution in [0, 0.1) is 0 Å². The van der Waals surface area contributed by atoms with Crippen LogP contribution in [0.15, 0.2) is 48.5 Å². The minimum absolute atomic E-state index is 0.0303. The van der Waals surface area contributed by atoms with Crippen molar-refractivity contribution in [2.24, 2.45) is 0 Å². The van der Waals surface area contributed by atoms with E-state index in [2.05, 4.69) is 23.5 Å². The number of ketones is 1. The third-order valence-electron chi connectivity index (χ3n) is 4.50. The number of nitrogens with one attached hydrogen (secondary N) is 1. The van der Waals surface area contributed by atoms with Crippen LogP contribution in [0.3, 0.4) is 0 Å². The van der Waals surface area contributed by atoms with Crippen molar-refractivity contribution in [1.82, 2.24) is 14.1 Å². The Morgan fingerprint density at radius 2 is 1.81 bits per heavy atom. The lowest BCUT2D eigenvalue weighted by molar-refractivity contribution is -0.286. The van der Waals surface area contributed by atoms with E-state index in [1.54, 1.807) is 30.3 Å². The molecule has 1 amide bonds. The summed E-state index contributed by atoms with van der Waals surface area (Å²) in [5, 5.41) is 11.5. The molecule has 2 aromatic carbocycles. The van der Waals surface area contributed by atoms with E-state index in [0.29, 0.717) is 17.3 Å². The number of hydrogen-bond donors (Lipinski definition) is 2. The molecular weight excluding hydrogens is 448 g/mol. The van der Waals surface area contributed by atoms with Crippen molar-refractivity contribution >= 4 is 29.4 Å². The number of carboxylic acid groups (broad SMARTS) is 1. The highest BCUT2D eigenvalue weighted by Crippen LogP contribution is 2.47. The molecule has 0 bridgehead atoms. The predicted molar refractivity (Wildman–Crippen MR) is 106 cm³/mol. The molecule has 1 aromatic heterocycles. The van der Waals surface area contributed by atoms with Crippen LogP contribution in [-0.4, -0.2) is 43.8 Å². The lowest BCUT2D eigenvalue weighted by Gasteiger charge is -2.15. The summed E-state index contributed by atoms with van der Waals surface area (Å²) in [4.78, 5) is 36.3. The molecular formula is C20H13F2N3O6S. The van der Waals surface area contributed by atoms with E-state index >= 15 is 0 Å². The molecule has 1 aliphatic rings. The minimum atomic E-state index is -3.88. The summed E-state index contributed by atoms with van der Waals surface area (Å²) >= 11 is 0.635. The summed E-state index contributed by atoms with van der Waals surface area (Å²) < 4.78 is 43.9. The van der Waals surface area contributed by atoms with Crippen LogP contribution in [0.25, 0.3) is 11.3 Å².